The van der Waals surface area contributed by atoms with E-state index in [-0.39, 0.29) is 11.0 Å². The molecule has 0 aromatic heterocycles. The monoisotopic (exact) mass is 212 g/mol. The first-order chi connectivity index (χ1) is 6.74. The Morgan fingerprint density at radius 2 is 2.00 bits per heavy atom. The van der Waals surface area contributed by atoms with Crippen LogP contribution in [0.15, 0.2) is 0 Å². The maximum absolute atomic E-state index is 5.78. The van der Waals surface area contributed by atoms with Gasteiger partial charge in [0.15, 0.2) is 12.1 Å². The highest BCUT2D eigenvalue weighted by molar-refractivity contribution is 5.60. The zero-order valence-electron chi connectivity index (χ0n) is 11.1. The van der Waals surface area contributed by atoms with Crippen LogP contribution in [0.5, 0.6) is 0 Å². The Balaban J connectivity index is 2.84. The maximum atomic E-state index is 5.78. The van der Waals surface area contributed by atoms with Crippen molar-refractivity contribution in [2.75, 3.05) is 13.2 Å². The maximum Gasteiger partial charge on any atom is 0.169 e. The van der Waals surface area contributed by atoms with E-state index in [1.165, 1.54) is 0 Å². The van der Waals surface area contributed by atoms with Gasteiger partial charge in [0.05, 0.1) is 0 Å². The van der Waals surface area contributed by atoms with E-state index in [0.717, 1.165) is 19.6 Å². The third kappa shape index (κ3) is 3.60. The van der Waals surface area contributed by atoms with Gasteiger partial charge in [0, 0.05) is 12.0 Å². The van der Waals surface area contributed by atoms with E-state index in [1.807, 2.05) is 0 Å². The van der Waals surface area contributed by atoms with Crippen molar-refractivity contribution in [2.24, 2.45) is 5.41 Å². The summed E-state index contributed by atoms with van der Waals surface area (Å²) in [5.74, 6) is 0. The van der Waals surface area contributed by atoms with E-state index in [1.54, 1.807) is 0 Å². The van der Waals surface area contributed by atoms with Crippen molar-refractivity contribution in [3.63, 3.8) is 0 Å². The average molecular weight is 212 g/mol. The largest absolute Gasteiger partial charge is 0.372 e. The van der Waals surface area contributed by atoms with Gasteiger partial charge in [-0.15, -0.1) is 0 Å². The lowest BCUT2D eigenvalue weighted by Gasteiger charge is -2.33. The van der Waals surface area contributed by atoms with Crippen LogP contribution in [0.1, 0.15) is 48.0 Å². The first-order valence-corrected chi connectivity index (χ1v) is 5.99. The number of ether oxygens (including phenoxy) is 1. The lowest BCUT2D eigenvalue weighted by atomic mass is 9.84. The van der Waals surface area contributed by atoms with E-state index < -0.39 is 0 Å². The third-order valence-corrected chi connectivity index (χ3v) is 2.92. The van der Waals surface area contributed by atoms with Crippen LogP contribution in [0.3, 0.4) is 0 Å². The second-order valence-corrected chi connectivity index (χ2v) is 6.22. The first-order valence-electron chi connectivity index (χ1n) is 5.99. The average Bonchev–Trinajstić information content (AvgIpc) is 1.99. The molecule has 0 aromatic carbocycles. The molecular formula is C13H26NO+. The second kappa shape index (κ2) is 4.25. The molecule has 0 spiro atoms. The molecule has 0 N–H and O–H groups in total. The summed E-state index contributed by atoms with van der Waals surface area (Å²) in [5, 5.41) is 0. The van der Waals surface area contributed by atoms with Gasteiger partial charge in [-0.05, 0) is 34.1 Å². The van der Waals surface area contributed by atoms with Crippen LogP contribution in [0.25, 0.3) is 0 Å². The molecule has 1 unspecified atom stereocenters. The third-order valence-electron chi connectivity index (χ3n) is 2.92. The highest BCUT2D eigenvalue weighted by Crippen LogP contribution is 2.27. The van der Waals surface area contributed by atoms with Crippen molar-refractivity contribution in [2.45, 2.75) is 59.6 Å². The van der Waals surface area contributed by atoms with Crippen LogP contribution in [-0.2, 0) is 4.74 Å². The van der Waals surface area contributed by atoms with Crippen LogP contribution < -0.4 is 0 Å². The summed E-state index contributed by atoms with van der Waals surface area (Å²) >= 11 is 0. The molecule has 1 atom stereocenters. The van der Waals surface area contributed by atoms with Crippen molar-refractivity contribution in [3.8, 4) is 0 Å². The molecule has 1 aliphatic heterocycles. The van der Waals surface area contributed by atoms with Gasteiger partial charge in [-0.2, -0.15) is 0 Å². The first kappa shape index (κ1) is 12.7. The smallest absolute Gasteiger partial charge is 0.169 e. The van der Waals surface area contributed by atoms with Gasteiger partial charge >= 0.3 is 0 Å². The summed E-state index contributed by atoms with van der Waals surface area (Å²) in [6.07, 6.45) is 3.89. The molecule has 1 aliphatic rings. The number of hydrogen-bond donors (Lipinski definition) is 0. The van der Waals surface area contributed by atoms with Gasteiger partial charge in [0.2, 0.25) is 0 Å². The van der Waals surface area contributed by atoms with Crippen molar-refractivity contribution in [1.29, 1.82) is 0 Å². The Morgan fingerprint density at radius 1 is 1.40 bits per heavy atom. The molecule has 15 heavy (non-hydrogen) atoms. The molecule has 0 amide bonds. The highest BCUT2D eigenvalue weighted by Gasteiger charge is 2.38. The van der Waals surface area contributed by atoms with E-state index in [9.17, 15) is 0 Å². The van der Waals surface area contributed by atoms with Gasteiger partial charge in [-0.1, -0.05) is 13.8 Å². The van der Waals surface area contributed by atoms with Crippen molar-refractivity contribution in [1.82, 2.24) is 0 Å². The fourth-order valence-corrected chi connectivity index (χ4v) is 2.21. The highest BCUT2D eigenvalue weighted by atomic mass is 16.5. The zero-order valence-corrected chi connectivity index (χ0v) is 11.1. The predicted molar refractivity (Wildman–Crippen MR) is 64.8 cm³/mol. The van der Waals surface area contributed by atoms with Crippen LogP contribution in [0.4, 0.5) is 0 Å². The number of hydrogen-bond acceptors (Lipinski definition) is 1. The van der Waals surface area contributed by atoms with Gasteiger partial charge in [0.1, 0.15) is 12.3 Å². The molecule has 0 radical (unpaired) electrons. The number of nitrogens with zero attached hydrogens (tertiary/aromatic N) is 1. The van der Waals surface area contributed by atoms with Gasteiger partial charge in [0.25, 0.3) is 0 Å². The Morgan fingerprint density at radius 3 is 2.47 bits per heavy atom. The van der Waals surface area contributed by atoms with Crippen LogP contribution in [0, 0.1) is 5.41 Å². The molecule has 0 saturated heterocycles. The summed E-state index contributed by atoms with van der Waals surface area (Å²) in [6.45, 7) is 15.3. The molecule has 1 rings (SSSR count). The molecule has 1 heterocycles. The second-order valence-electron chi connectivity index (χ2n) is 6.22. The number of rotatable bonds is 2. The molecule has 0 aliphatic carbocycles. The van der Waals surface area contributed by atoms with E-state index >= 15 is 0 Å². The fourth-order valence-electron chi connectivity index (χ4n) is 2.21. The zero-order chi connectivity index (χ0) is 11.7. The summed E-state index contributed by atoms with van der Waals surface area (Å²) < 4.78 is 8.21. The molecule has 0 saturated carbocycles. The SMILES string of the molecule is CCOC1C[N+](C(C)(C)C)=CC(C)(C)C1. The Kier molecular flexibility index (Phi) is 3.59. The van der Waals surface area contributed by atoms with Crippen molar-refractivity contribution in [3.05, 3.63) is 0 Å². The summed E-state index contributed by atoms with van der Waals surface area (Å²) in [4.78, 5) is 0. The van der Waals surface area contributed by atoms with Crippen molar-refractivity contribution >= 4 is 6.21 Å². The van der Waals surface area contributed by atoms with Gasteiger partial charge in [-0.25, -0.2) is 4.58 Å². The predicted octanol–water partition coefficient (Wildman–Crippen LogP) is 2.70. The van der Waals surface area contributed by atoms with E-state index in [4.69, 9.17) is 4.74 Å². The van der Waals surface area contributed by atoms with Crippen molar-refractivity contribution < 1.29 is 9.31 Å². The minimum atomic E-state index is 0.201. The Bertz CT molecular complexity index is 248. The summed E-state index contributed by atoms with van der Waals surface area (Å²) in [6, 6.07) is 0. The Hall–Kier alpha value is -0.370. The molecule has 2 nitrogen and oxygen atoms in total. The molecule has 0 fully saturated rings. The van der Waals surface area contributed by atoms with Crippen LogP contribution in [0.2, 0.25) is 0 Å². The fraction of sp³-hybridized carbons (Fsp3) is 0.923. The van der Waals surface area contributed by atoms with Crippen LogP contribution in [-0.4, -0.2) is 35.6 Å². The normalized spacial score (nSPS) is 26.3. The standard InChI is InChI=1S/C13H26NO/c1-7-15-11-8-13(5,6)10-14(9-11)12(2,3)4/h10-11H,7-9H2,1-6H3/q+1. The van der Waals surface area contributed by atoms with Crippen LogP contribution >= 0.6 is 0 Å². The van der Waals surface area contributed by atoms with Gasteiger partial charge < -0.3 is 4.74 Å². The minimum absolute atomic E-state index is 0.201. The quantitative estimate of drug-likeness (QED) is 0.641. The minimum Gasteiger partial charge on any atom is -0.372 e. The molecular weight excluding hydrogens is 186 g/mol. The summed E-state index contributed by atoms with van der Waals surface area (Å²) in [7, 11) is 0. The van der Waals surface area contributed by atoms with E-state index in [0.29, 0.717) is 6.10 Å². The Labute approximate surface area is 94.3 Å². The summed E-state index contributed by atoms with van der Waals surface area (Å²) in [5.41, 5.74) is 0.457. The molecule has 0 aromatic rings. The lowest BCUT2D eigenvalue weighted by Crippen LogP contribution is -2.47. The molecule has 0 bridgehead atoms. The van der Waals surface area contributed by atoms with Gasteiger partial charge in [-0.3, -0.25) is 0 Å². The lowest BCUT2D eigenvalue weighted by molar-refractivity contribution is -0.607. The van der Waals surface area contributed by atoms with E-state index in [2.05, 4.69) is 52.3 Å². The molecule has 2 heteroatoms. The molecule has 88 valence electrons. The topological polar surface area (TPSA) is 12.2 Å².